The van der Waals surface area contributed by atoms with Crippen molar-refractivity contribution in [3.8, 4) is 29.6 Å². The number of hydrogen-bond donors (Lipinski definition) is 1. The van der Waals surface area contributed by atoms with E-state index in [1.54, 1.807) is 48.5 Å². The summed E-state index contributed by atoms with van der Waals surface area (Å²) in [5.74, 6) is 4.40. The molecule has 0 unspecified atom stereocenters. The second-order valence-electron chi connectivity index (χ2n) is 4.70. The van der Waals surface area contributed by atoms with Gasteiger partial charge in [-0.2, -0.15) is 0 Å². The first-order valence-electron chi connectivity index (χ1n) is 7.15. The molecule has 0 bridgehead atoms. The maximum Gasteiger partial charge on any atom is 0.345 e. The number of anilines is 1. The molecule has 2 aromatic rings. The van der Waals surface area contributed by atoms with Crippen LogP contribution in [0.5, 0.6) is 17.2 Å². The normalized spacial score (nSPS) is 9.71. The Morgan fingerprint density at radius 1 is 1.08 bits per heavy atom. The van der Waals surface area contributed by atoms with E-state index in [1.165, 1.54) is 14.2 Å². The van der Waals surface area contributed by atoms with Gasteiger partial charge >= 0.3 is 6.03 Å². The van der Waals surface area contributed by atoms with Crippen LogP contribution in [-0.2, 0) is 4.84 Å². The summed E-state index contributed by atoms with van der Waals surface area (Å²) in [6.07, 6.45) is 5.14. The van der Waals surface area contributed by atoms with Gasteiger partial charge in [-0.1, -0.05) is 5.92 Å². The van der Waals surface area contributed by atoms with Gasteiger partial charge in [0.2, 0.25) is 0 Å². The Morgan fingerprint density at radius 3 is 2.17 bits per heavy atom. The van der Waals surface area contributed by atoms with E-state index in [0.717, 1.165) is 5.06 Å². The Balaban J connectivity index is 1.94. The van der Waals surface area contributed by atoms with Crippen molar-refractivity contribution < 1.29 is 19.1 Å². The Hall–Kier alpha value is -3.17. The zero-order valence-electron chi connectivity index (χ0n) is 13.5. The molecule has 2 amide bonds. The minimum absolute atomic E-state index is 0.228. The topological polar surface area (TPSA) is 60.0 Å². The van der Waals surface area contributed by atoms with E-state index in [-0.39, 0.29) is 12.6 Å². The van der Waals surface area contributed by atoms with Crippen LogP contribution in [0.25, 0.3) is 0 Å². The highest BCUT2D eigenvalue weighted by atomic mass is 16.7. The number of hydrogen-bond acceptors (Lipinski definition) is 4. The van der Waals surface area contributed by atoms with Crippen molar-refractivity contribution >= 4 is 11.7 Å². The van der Waals surface area contributed by atoms with E-state index in [1.807, 2.05) is 0 Å². The number of rotatable bonds is 6. The van der Waals surface area contributed by atoms with Crippen LogP contribution in [0.3, 0.4) is 0 Å². The van der Waals surface area contributed by atoms with Gasteiger partial charge < -0.3 is 14.8 Å². The highest BCUT2D eigenvalue weighted by Gasteiger charge is 2.07. The monoisotopic (exact) mass is 326 g/mol. The molecule has 6 heteroatoms. The van der Waals surface area contributed by atoms with Crippen LogP contribution in [0.1, 0.15) is 0 Å². The number of nitrogens with one attached hydrogen (secondary N) is 1. The van der Waals surface area contributed by atoms with Gasteiger partial charge in [-0.05, 0) is 48.5 Å². The molecule has 24 heavy (non-hydrogen) atoms. The predicted molar refractivity (Wildman–Crippen MR) is 91.1 cm³/mol. The van der Waals surface area contributed by atoms with Crippen LogP contribution in [0, 0.1) is 12.3 Å². The number of carbonyl (C=O) groups is 1. The predicted octanol–water partition coefficient (Wildman–Crippen LogP) is 3.52. The molecule has 0 aromatic heterocycles. The summed E-state index contributed by atoms with van der Waals surface area (Å²) in [4.78, 5) is 16.5. The van der Waals surface area contributed by atoms with Gasteiger partial charge in [-0.3, -0.25) is 4.84 Å². The first-order chi connectivity index (χ1) is 11.6. The summed E-state index contributed by atoms with van der Waals surface area (Å²) in [6, 6.07) is 13.8. The van der Waals surface area contributed by atoms with Crippen LogP contribution in [0.15, 0.2) is 48.5 Å². The molecule has 0 aliphatic carbocycles. The molecule has 0 atom stereocenters. The summed E-state index contributed by atoms with van der Waals surface area (Å²) in [5.41, 5.74) is 0.634. The number of carbonyl (C=O) groups excluding carboxylic acids is 1. The lowest BCUT2D eigenvalue weighted by molar-refractivity contribution is -0.0598. The van der Waals surface area contributed by atoms with Crippen molar-refractivity contribution in [2.45, 2.75) is 0 Å². The lowest BCUT2D eigenvalue weighted by atomic mass is 10.3. The molecule has 0 fully saturated rings. The second-order valence-corrected chi connectivity index (χ2v) is 4.70. The zero-order chi connectivity index (χ0) is 17.4. The maximum absolute atomic E-state index is 11.7. The SMILES string of the molecule is C#CCOc1ccc(Oc2ccc(NC(=O)N(C)OC)cc2)cc1. The number of nitrogens with zero attached hydrogens (tertiary/aromatic N) is 1. The largest absolute Gasteiger partial charge is 0.481 e. The molecule has 0 spiro atoms. The van der Waals surface area contributed by atoms with Crippen molar-refractivity contribution in [3.05, 3.63) is 48.5 Å². The van der Waals surface area contributed by atoms with E-state index >= 15 is 0 Å². The average Bonchev–Trinajstić information content (AvgIpc) is 2.62. The zero-order valence-corrected chi connectivity index (χ0v) is 13.5. The van der Waals surface area contributed by atoms with Crippen LogP contribution in [-0.4, -0.2) is 31.9 Å². The summed E-state index contributed by atoms with van der Waals surface area (Å²) in [7, 11) is 2.93. The lowest BCUT2D eigenvalue weighted by Crippen LogP contribution is -2.30. The Kier molecular flexibility index (Phi) is 6.06. The van der Waals surface area contributed by atoms with Crippen LogP contribution >= 0.6 is 0 Å². The fourth-order valence-corrected chi connectivity index (χ4v) is 1.76. The minimum Gasteiger partial charge on any atom is -0.481 e. The number of amides is 2. The molecule has 0 saturated carbocycles. The molecule has 0 radical (unpaired) electrons. The van der Waals surface area contributed by atoms with Gasteiger partial charge in [0.15, 0.2) is 0 Å². The van der Waals surface area contributed by atoms with Crippen LogP contribution < -0.4 is 14.8 Å². The Morgan fingerprint density at radius 2 is 1.62 bits per heavy atom. The van der Waals surface area contributed by atoms with Gasteiger partial charge in [0.1, 0.15) is 23.9 Å². The summed E-state index contributed by atoms with van der Waals surface area (Å²) >= 11 is 0. The fourth-order valence-electron chi connectivity index (χ4n) is 1.76. The lowest BCUT2D eigenvalue weighted by Gasteiger charge is -2.14. The van der Waals surface area contributed by atoms with Crippen molar-refractivity contribution in [2.75, 3.05) is 26.1 Å². The van der Waals surface area contributed by atoms with Crippen LogP contribution in [0.4, 0.5) is 10.5 Å². The second kappa shape index (κ2) is 8.46. The summed E-state index contributed by atoms with van der Waals surface area (Å²) in [6.45, 7) is 0.228. The number of hydroxylamine groups is 2. The third-order valence-electron chi connectivity index (χ3n) is 3.05. The van der Waals surface area contributed by atoms with E-state index in [2.05, 4.69) is 11.2 Å². The molecule has 2 rings (SSSR count). The van der Waals surface area contributed by atoms with Gasteiger partial charge in [-0.15, -0.1) is 6.42 Å². The van der Waals surface area contributed by atoms with Crippen molar-refractivity contribution in [2.24, 2.45) is 0 Å². The molecule has 0 aliphatic heterocycles. The highest BCUT2D eigenvalue weighted by molar-refractivity contribution is 5.88. The molecular formula is C18H18N2O4. The number of ether oxygens (including phenoxy) is 2. The third-order valence-corrected chi connectivity index (χ3v) is 3.05. The first-order valence-corrected chi connectivity index (χ1v) is 7.15. The van der Waals surface area contributed by atoms with Crippen molar-refractivity contribution in [1.82, 2.24) is 5.06 Å². The molecular weight excluding hydrogens is 308 g/mol. The van der Waals surface area contributed by atoms with E-state index < -0.39 is 0 Å². The van der Waals surface area contributed by atoms with Crippen molar-refractivity contribution in [1.29, 1.82) is 0 Å². The van der Waals surface area contributed by atoms with E-state index in [0.29, 0.717) is 22.9 Å². The number of terminal acetylenes is 1. The summed E-state index contributed by atoms with van der Waals surface area (Å²) < 4.78 is 11.0. The van der Waals surface area contributed by atoms with Gasteiger partial charge in [0.25, 0.3) is 0 Å². The minimum atomic E-state index is -0.367. The smallest absolute Gasteiger partial charge is 0.345 e. The van der Waals surface area contributed by atoms with Gasteiger partial charge in [0.05, 0.1) is 7.11 Å². The third kappa shape index (κ3) is 4.93. The molecule has 0 saturated heterocycles. The van der Waals surface area contributed by atoms with Gasteiger partial charge in [0, 0.05) is 12.7 Å². The molecule has 0 aliphatic rings. The quantitative estimate of drug-likeness (QED) is 0.652. The molecule has 6 nitrogen and oxygen atoms in total. The highest BCUT2D eigenvalue weighted by Crippen LogP contribution is 2.25. The number of urea groups is 1. The molecule has 124 valence electrons. The Labute approximate surface area is 140 Å². The number of benzene rings is 2. The van der Waals surface area contributed by atoms with E-state index in [9.17, 15) is 4.79 Å². The summed E-state index contributed by atoms with van der Waals surface area (Å²) in [5, 5.41) is 3.78. The average molecular weight is 326 g/mol. The molecule has 2 aromatic carbocycles. The Bertz CT molecular complexity index is 705. The van der Waals surface area contributed by atoms with Crippen LogP contribution in [0.2, 0.25) is 0 Å². The first kappa shape index (κ1) is 17.2. The molecule has 0 heterocycles. The fraction of sp³-hybridized carbons (Fsp3) is 0.167. The maximum atomic E-state index is 11.7. The van der Waals surface area contributed by atoms with Crippen molar-refractivity contribution in [3.63, 3.8) is 0 Å². The molecule has 1 N–H and O–H groups in total. The van der Waals surface area contributed by atoms with E-state index in [4.69, 9.17) is 20.7 Å². The standard InChI is InChI=1S/C18H18N2O4/c1-4-13-23-15-9-11-17(12-10-15)24-16-7-5-14(6-8-16)19-18(21)20(2)22-3/h1,5-12H,13H2,2-3H3,(H,19,21). The van der Waals surface area contributed by atoms with Gasteiger partial charge in [-0.25, -0.2) is 9.86 Å².